The second-order valence-corrected chi connectivity index (χ2v) is 8.12. The number of esters is 1. The van der Waals surface area contributed by atoms with E-state index in [1.165, 1.54) is 42.5 Å². The van der Waals surface area contributed by atoms with Gasteiger partial charge in [0, 0.05) is 5.56 Å². The van der Waals surface area contributed by atoms with Crippen LogP contribution in [0.3, 0.4) is 0 Å². The molecule has 2 amide bonds. The number of benzene rings is 3. The lowest BCUT2D eigenvalue weighted by molar-refractivity contribution is -0.118. The zero-order valence-corrected chi connectivity index (χ0v) is 20.5. The molecule has 1 heterocycles. The summed E-state index contributed by atoms with van der Waals surface area (Å²) in [5, 5.41) is 17.2. The van der Waals surface area contributed by atoms with Gasteiger partial charge in [-0.2, -0.15) is 10.1 Å². The van der Waals surface area contributed by atoms with Crippen LogP contribution >= 0.6 is 0 Å². The molecule has 0 aromatic heterocycles. The predicted molar refractivity (Wildman–Crippen MR) is 140 cm³/mol. The molecule has 3 aromatic carbocycles. The maximum atomic E-state index is 13.1. The average molecular weight is 514 g/mol. The monoisotopic (exact) mass is 513 g/mol. The maximum absolute atomic E-state index is 13.1. The van der Waals surface area contributed by atoms with Gasteiger partial charge in [-0.05, 0) is 55.5 Å². The zero-order chi connectivity index (χ0) is 27.2. The van der Waals surface area contributed by atoms with Crippen LogP contribution in [0, 0.1) is 0 Å². The van der Waals surface area contributed by atoms with E-state index in [1.807, 2.05) is 0 Å². The number of hydrogen-bond donors (Lipinski definition) is 2. The Morgan fingerprint density at radius 3 is 2.39 bits per heavy atom. The number of carbonyl (C=O) groups is 4. The van der Waals surface area contributed by atoms with Crippen molar-refractivity contribution in [3.05, 3.63) is 95.1 Å². The fraction of sp³-hybridized carbons (Fsp3) is 0.107. The van der Waals surface area contributed by atoms with Gasteiger partial charge in [-0.1, -0.05) is 30.3 Å². The fourth-order valence-corrected chi connectivity index (χ4v) is 3.70. The molecular weight excluding hydrogens is 490 g/mol. The number of para-hydroxylation sites is 2. The molecule has 0 aliphatic carbocycles. The number of ether oxygens (including phenoxy) is 2. The van der Waals surface area contributed by atoms with Gasteiger partial charge in [-0.25, -0.2) is 9.59 Å². The van der Waals surface area contributed by atoms with Crippen molar-refractivity contribution in [3.8, 4) is 5.75 Å². The summed E-state index contributed by atoms with van der Waals surface area (Å²) in [6.45, 7) is 1.34. The van der Waals surface area contributed by atoms with E-state index in [1.54, 1.807) is 55.5 Å². The maximum Gasteiger partial charge on any atom is 0.339 e. The predicted octanol–water partition coefficient (Wildman–Crippen LogP) is 4.00. The molecule has 0 atom stereocenters. The van der Waals surface area contributed by atoms with Crippen LogP contribution in [-0.4, -0.2) is 48.3 Å². The summed E-state index contributed by atoms with van der Waals surface area (Å²) in [6.07, 6.45) is 1.62. The van der Waals surface area contributed by atoms with Crippen LogP contribution in [-0.2, 0) is 14.3 Å². The Balaban J connectivity index is 1.48. The SMILES string of the molecule is COC(=O)c1ccccc1NC(=O)COc1ccccc1/C=C1/C(=O)N(c2ccc(C(=O)O)cc2)N=C1C. The number of methoxy groups -OCH3 is 1. The Hall–Kier alpha value is -5.25. The van der Waals surface area contributed by atoms with Gasteiger partial charge in [0.25, 0.3) is 11.8 Å². The first-order valence-corrected chi connectivity index (χ1v) is 11.4. The van der Waals surface area contributed by atoms with Crippen molar-refractivity contribution >= 4 is 46.9 Å². The molecule has 10 heteroatoms. The molecule has 0 saturated carbocycles. The first kappa shape index (κ1) is 25.8. The number of nitrogens with one attached hydrogen (secondary N) is 1. The van der Waals surface area contributed by atoms with Crippen LogP contribution in [0.15, 0.2) is 83.5 Å². The summed E-state index contributed by atoms with van der Waals surface area (Å²) in [4.78, 5) is 48.7. The molecule has 4 rings (SSSR count). The van der Waals surface area contributed by atoms with Crippen LogP contribution in [0.4, 0.5) is 11.4 Å². The number of carboxylic acids is 1. The molecule has 1 aliphatic heterocycles. The number of aromatic carboxylic acids is 1. The number of carboxylic acid groups (broad SMARTS) is 1. The number of nitrogens with zero attached hydrogens (tertiary/aromatic N) is 2. The van der Waals surface area contributed by atoms with Crippen molar-refractivity contribution < 1.29 is 33.8 Å². The van der Waals surface area contributed by atoms with Crippen molar-refractivity contribution in [2.45, 2.75) is 6.92 Å². The molecule has 192 valence electrons. The Morgan fingerprint density at radius 2 is 1.68 bits per heavy atom. The summed E-state index contributed by atoms with van der Waals surface area (Å²) in [5.74, 6) is -2.17. The standard InChI is InChI=1S/C28H23N3O7/c1-17-22(26(33)31(30-17)20-13-11-18(12-14-20)27(34)35)15-19-7-3-6-10-24(19)38-16-25(32)29-23-9-5-4-8-21(23)28(36)37-2/h3-15H,16H2,1-2H3,(H,29,32)(H,34,35)/b22-15+. The van der Waals surface area contributed by atoms with Gasteiger partial charge in [-0.3, -0.25) is 9.59 Å². The second kappa shape index (κ2) is 11.2. The minimum atomic E-state index is -1.07. The van der Waals surface area contributed by atoms with Gasteiger partial charge in [0.2, 0.25) is 0 Å². The van der Waals surface area contributed by atoms with Crippen molar-refractivity contribution in [2.75, 3.05) is 24.0 Å². The smallest absolute Gasteiger partial charge is 0.339 e. The number of carbonyl (C=O) groups excluding carboxylic acids is 3. The van der Waals surface area contributed by atoms with E-state index in [-0.39, 0.29) is 17.7 Å². The number of hydrogen-bond acceptors (Lipinski definition) is 7. The Morgan fingerprint density at radius 1 is 1.00 bits per heavy atom. The molecule has 0 unspecified atom stereocenters. The molecule has 0 radical (unpaired) electrons. The highest BCUT2D eigenvalue weighted by Gasteiger charge is 2.29. The van der Waals surface area contributed by atoms with E-state index in [9.17, 15) is 19.2 Å². The highest BCUT2D eigenvalue weighted by Crippen LogP contribution is 2.28. The fourth-order valence-electron chi connectivity index (χ4n) is 3.70. The quantitative estimate of drug-likeness (QED) is 0.343. The van der Waals surface area contributed by atoms with Crippen LogP contribution in [0.5, 0.6) is 5.75 Å². The first-order chi connectivity index (χ1) is 18.3. The lowest BCUT2D eigenvalue weighted by Crippen LogP contribution is -2.22. The number of anilines is 2. The van der Waals surface area contributed by atoms with Crippen molar-refractivity contribution in [1.29, 1.82) is 0 Å². The Kier molecular flexibility index (Phi) is 7.62. The van der Waals surface area contributed by atoms with Crippen molar-refractivity contribution in [3.63, 3.8) is 0 Å². The molecule has 3 aromatic rings. The van der Waals surface area contributed by atoms with E-state index in [4.69, 9.17) is 14.6 Å². The Labute approximate surface area is 217 Å². The lowest BCUT2D eigenvalue weighted by Gasteiger charge is -2.13. The van der Waals surface area contributed by atoms with Crippen LogP contribution < -0.4 is 15.1 Å². The minimum absolute atomic E-state index is 0.0979. The summed E-state index contributed by atoms with van der Waals surface area (Å²) < 4.78 is 10.5. The molecule has 0 fully saturated rings. The van der Waals surface area contributed by atoms with Crippen LogP contribution in [0.2, 0.25) is 0 Å². The van der Waals surface area contributed by atoms with Crippen molar-refractivity contribution in [2.24, 2.45) is 5.10 Å². The third-order valence-electron chi connectivity index (χ3n) is 5.61. The normalized spacial score (nSPS) is 13.7. The van der Waals surface area contributed by atoms with Crippen LogP contribution in [0.25, 0.3) is 6.08 Å². The highest BCUT2D eigenvalue weighted by molar-refractivity contribution is 6.32. The van der Waals surface area contributed by atoms with E-state index in [2.05, 4.69) is 10.4 Å². The largest absolute Gasteiger partial charge is 0.483 e. The molecule has 2 N–H and O–H groups in total. The van der Waals surface area contributed by atoms with Gasteiger partial charge in [0.1, 0.15) is 5.75 Å². The van der Waals surface area contributed by atoms with Gasteiger partial charge in [0.05, 0.1) is 40.9 Å². The third-order valence-corrected chi connectivity index (χ3v) is 5.61. The summed E-state index contributed by atoms with van der Waals surface area (Å²) in [5.41, 5.74) is 2.37. The molecule has 0 bridgehead atoms. The van der Waals surface area contributed by atoms with Gasteiger partial charge in [0.15, 0.2) is 6.61 Å². The summed E-state index contributed by atoms with van der Waals surface area (Å²) in [7, 11) is 1.26. The molecule has 0 saturated heterocycles. The lowest BCUT2D eigenvalue weighted by atomic mass is 10.1. The van der Waals surface area contributed by atoms with Gasteiger partial charge in [-0.15, -0.1) is 0 Å². The summed E-state index contributed by atoms with van der Waals surface area (Å²) in [6, 6.07) is 19.2. The highest BCUT2D eigenvalue weighted by atomic mass is 16.5. The van der Waals surface area contributed by atoms with E-state index >= 15 is 0 Å². The average Bonchev–Trinajstić information content (AvgIpc) is 3.20. The zero-order valence-electron chi connectivity index (χ0n) is 20.5. The van der Waals surface area contributed by atoms with Gasteiger partial charge < -0.3 is 19.9 Å². The molecule has 38 heavy (non-hydrogen) atoms. The van der Waals surface area contributed by atoms with Crippen molar-refractivity contribution in [1.82, 2.24) is 0 Å². The topological polar surface area (TPSA) is 135 Å². The molecule has 1 aliphatic rings. The van der Waals surface area contributed by atoms with E-state index in [0.717, 1.165) is 0 Å². The summed E-state index contributed by atoms with van der Waals surface area (Å²) >= 11 is 0. The van der Waals surface area contributed by atoms with E-state index in [0.29, 0.717) is 34.0 Å². The number of hydrazone groups is 1. The van der Waals surface area contributed by atoms with Gasteiger partial charge >= 0.3 is 11.9 Å². The molecule has 0 spiro atoms. The number of rotatable bonds is 8. The third kappa shape index (κ3) is 5.59. The second-order valence-electron chi connectivity index (χ2n) is 8.12. The molecule has 10 nitrogen and oxygen atoms in total. The number of amides is 2. The first-order valence-electron chi connectivity index (χ1n) is 11.4. The van der Waals surface area contributed by atoms with Crippen LogP contribution in [0.1, 0.15) is 33.2 Å². The van der Waals surface area contributed by atoms with E-state index < -0.39 is 23.8 Å². The Bertz CT molecular complexity index is 1480. The minimum Gasteiger partial charge on any atom is -0.483 e. The molecular formula is C28H23N3O7.